The molecule has 0 atom stereocenters. The van der Waals surface area contributed by atoms with E-state index in [1.165, 1.54) is 28.7 Å². The maximum atomic E-state index is 12.9. The average Bonchev–Trinajstić information content (AvgIpc) is 3.47. The maximum absolute atomic E-state index is 12.9. The molecule has 3 heterocycles. The standard InChI is InChI=1S/C29H32N6O/c1-20-15-21(2)17-25(16-20)35-27(32-26-7-4-10-30-28(26)35)19-33-11-13-34(14-12-33)29(36)31-24-9-8-22-5-3-6-23(22)18-24/h4,7-10,15-18H,3,5-6,11-14,19H2,1-2H3,(H,31,36). The van der Waals surface area contributed by atoms with Crippen LogP contribution >= 0.6 is 0 Å². The Kier molecular flexibility index (Phi) is 5.93. The minimum atomic E-state index is -0.0146. The summed E-state index contributed by atoms with van der Waals surface area (Å²) in [5.41, 5.74) is 9.01. The number of pyridine rings is 1. The smallest absolute Gasteiger partial charge is 0.321 e. The Morgan fingerprint density at radius 1 is 0.944 bits per heavy atom. The van der Waals surface area contributed by atoms with Gasteiger partial charge in [-0.2, -0.15) is 0 Å². The predicted molar refractivity (Wildman–Crippen MR) is 143 cm³/mol. The van der Waals surface area contributed by atoms with Crippen LogP contribution in [0.25, 0.3) is 16.9 Å². The second-order valence-electron chi connectivity index (χ2n) is 10.1. The highest BCUT2D eigenvalue weighted by Crippen LogP contribution is 2.26. The van der Waals surface area contributed by atoms with Crippen molar-refractivity contribution in [3.63, 3.8) is 0 Å². The lowest BCUT2D eigenvalue weighted by molar-refractivity contribution is 0.140. The third-order valence-electron chi connectivity index (χ3n) is 7.32. The lowest BCUT2D eigenvalue weighted by Gasteiger charge is -2.34. The number of urea groups is 1. The largest absolute Gasteiger partial charge is 0.322 e. The number of fused-ring (bicyclic) bond motifs is 2. The van der Waals surface area contributed by atoms with Crippen LogP contribution in [0.2, 0.25) is 0 Å². The first kappa shape index (κ1) is 22.7. The summed E-state index contributed by atoms with van der Waals surface area (Å²) in [6, 6.07) is 16.8. The topological polar surface area (TPSA) is 66.3 Å². The summed E-state index contributed by atoms with van der Waals surface area (Å²) in [6.45, 7) is 7.95. The molecule has 0 bridgehead atoms. The van der Waals surface area contributed by atoms with Gasteiger partial charge in [0.05, 0.1) is 6.54 Å². The molecule has 6 rings (SSSR count). The zero-order valence-electron chi connectivity index (χ0n) is 21.0. The van der Waals surface area contributed by atoms with Crippen LogP contribution in [-0.4, -0.2) is 56.5 Å². The first-order chi connectivity index (χ1) is 17.5. The maximum Gasteiger partial charge on any atom is 0.321 e. The van der Waals surface area contributed by atoms with Gasteiger partial charge in [-0.3, -0.25) is 9.47 Å². The van der Waals surface area contributed by atoms with Crippen molar-refractivity contribution in [2.24, 2.45) is 0 Å². The van der Waals surface area contributed by atoms with E-state index in [0.29, 0.717) is 19.6 Å². The summed E-state index contributed by atoms with van der Waals surface area (Å²) in [5.74, 6) is 0.977. The van der Waals surface area contributed by atoms with E-state index in [4.69, 9.17) is 4.98 Å². The highest BCUT2D eigenvalue weighted by atomic mass is 16.2. The Balaban J connectivity index is 1.15. The zero-order chi connectivity index (χ0) is 24.6. The predicted octanol–water partition coefficient (Wildman–Crippen LogP) is 4.88. The molecule has 2 amide bonds. The number of anilines is 1. The average molecular weight is 481 g/mol. The molecule has 36 heavy (non-hydrogen) atoms. The molecular weight excluding hydrogens is 448 g/mol. The molecule has 0 spiro atoms. The fourth-order valence-corrected chi connectivity index (χ4v) is 5.58. The number of hydrogen-bond acceptors (Lipinski definition) is 4. The molecule has 0 radical (unpaired) electrons. The molecule has 184 valence electrons. The Labute approximate surface area is 211 Å². The summed E-state index contributed by atoms with van der Waals surface area (Å²) in [5, 5.41) is 3.11. The number of benzene rings is 2. The van der Waals surface area contributed by atoms with Crippen LogP contribution in [0, 0.1) is 13.8 Å². The highest BCUT2D eigenvalue weighted by Gasteiger charge is 2.24. The molecule has 1 aliphatic heterocycles. The van der Waals surface area contributed by atoms with Gasteiger partial charge >= 0.3 is 6.03 Å². The molecule has 2 aromatic carbocycles. The van der Waals surface area contributed by atoms with E-state index in [1.807, 2.05) is 29.3 Å². The van der Waals surface area contributed by atoms with Gasteiger partial charge in [0.15, 0.2) is 5.65 Å². The molecule has 0 saturated carbocycles. The summed E-state index contributed by atoms with van der Waals surface area (Å²) >= 11 is 0. The van der Waals surface area contributed by atoms with Crippen molar-refractivity contribution >= 4 is 22.9 Å². The van der Waals surface area contributed by atoms with Crippen molar-refractivity contribution < 1.29 is 4.79 Å². The number of carbonyl (C=O) groups is 1. The molecule has 2 aromatic heterocycles. The van der Waals surface area contributed by atoms with Crippen molar-refractivity contribution in [1.82, 2.24) is 24.3 Å². The first-order valence-corrected chi connectivity index (χ1v) is 12.8. The van der Waals surface area contributed by atoms with Gasteiger partial charge in [-0.1, -0.05) is 12.1 Å². The Hall–Kier alpha value is -3.71. The fraction of sp³-hybridized carbons (Fsp3) is 0.345. The van der Waals surface area contributed by atoms with Crippen LogP contribution in [0.1, 0.15) is 34.5 Å². The van der Waals surface area contributed by atoms with Crippen molar-refractivity contribution in [3.05, 3.63) is 82.8 Å². The molecular formula is C29H32N6O. The van der Waals surface area contributed by atoms with Crippen LogP contribution in [0.4, 0.5) is 10.5 Å². The van der Waals surface area contributed by atoms with Gasteiger partial charge in [0.2, 0.25) is 0 Å². The molecule has 2 aliphatic rings. The second-order valence-corrected chi connectivity index (χ2v) is 10.1. The van der Waals surface area contributed by atoms with Crippen LogP contribution in [0.5, 0.6) is 0 Å². The molecule has 4 aromatic rings. The van der Waals surface area contributed by atoms with E-state index in [-0.39, 0.29) is 6.03 Å². The van der Waals surface area contributed by atoms with Crippen LogP contribution in [0.3, 0.4) is 0 Å². The number of carbonyl (C=O) groups excluding carboxylic acids is 1. The number of rotatable bonds is 4. The Bertz CT molecular complexity index is 1410. The molecule has 1 fully saturated rings. The van der Waals surface area contributed by atoms with Gasteiger partial charge in [0, 0.05) is 43.8 Å². The molecule has 0 unspecified atom stereocenters. The number of amides is 2. The number of aromatic nitrogens is 3. The van der Waals surface area contributed by atoms with Gasteiger partial charge in [0.1, 0.15) is 11.3 Å². The van der Waals surface area contributed by atoms with Gasteiger partial charge in [0.25, 0.3) is 0 Å². The van der Waals surface area contributed by atoms with Crippen LogP contribution in [-0.2, 0) is 19.4 Å². The van der Waals surface area contributed by atoms with E-state index >= 15 is 0 Å². The van der Waals surface area contributed by atoms with Crippen molar-refractivity contribution in [2.75, 3.05) is 31.5 Å². The molecule has 1 aliphatic carbocycles. The summed E-state index contributed by atoms with van der Waals surface area (Å²) < 4.78 is 2.18. The lowest BCUT2D eigenvalue weighted by Crippen LogP contribution is -2.49. The van der Waals surface area contributed by atoms with Gasteiger partial charge in [-0.15, -0.1) is 0 Å². The number of piperazine rings is 1. The minimum absolute atomic E-state index is 0.0146. The number of hydrogen-bond donors (Lipinski definition) is 1. The van der Waals surface area contributed by atoms with E-state index in [9.17, 15) is 4.79 Å². The normalized spacial score (nSPS) is 15.9. The fourth-order valence-electron chi connectivity index (χ4n) is 5.58. The molecule has 7 nitrogen and oxygen atoms in total. The number of imidazole rings is 1. The number of nitrogens with zero attached hydrogens (tertiary/aromatic N) is 5. The van der Waals surface area contributed by atoms with Gasteiger partial charge < -0.3 is 10.2 Å². The van der Waals surface area contributed by atoms with E-state index in [1.54, 1.807) is 0 Å². The molecule has 1 N–H and O–H groups in total. The van der Waals surface area contributed by atoms with E-state index in [2.05, 4.69) is 63.9 Å². The highest BCUT2D eigenvalue weighted by molar-refractivity contribution is 5.89. The van der Waals surface area contributed by atoms with Crippen molar-refractivity contribution in [3.8, 4) is 5.69 Å². The summed E-state index contributed by atoms with van der Waals surface area (Å²) in [4.78, 5) is 26.8. The van der Waals surface area contributed by atoms with E-state index < -0.39 is 0 Å². The van der Waals surface area contributed by atoms with Crippen LogP contribution in [0.15, 0.2) is 54.7 Å². The van der Waals surface area contributed by atoms with Crippen molar-refractivity contribution in [2.45, 2.75) is 39.7 Å². The zero-order valence-corrected chi connectivity index (χ0v) is 21.0. The molecule has 1 saturated heterocycles. The Morgan fingerprint density at radius 2 is 1.72 bits per heavy atom. The minimum Gasteiger partial charge on any atom is -0.322 e. The van der Waals surface area contributed by atoms with Crippen LogP contribution < -0.4 is 5.32 Å². The molecule has 7 heteroatoms. The summed E-state index contributed by atoms with van der Waals surface area (Å²) in [6.07, 6.45) is 5.30. The van der Waals surface area contributed by atoms with Gasteiger partial charge in [-0.25, -0.2) is 14.8 Å². The lowest BCUT2D eigenvalue weighted by atomic mass is 10.1. The number of aryl methyl sites for hydroxylation is 4. The number of nitrogens with one attached hydrogen (secondary N) is 1. The monoisotopic (exact) mass is 480 g/mol. The third-order valence-corrected chi connectivity index (χ3v) is 7.32. The second kappa shape index (κ2) is 9.39. The Morgan fingerprint density at radius 3 is 2.53 bits per heavy atom. The van der Waals surface area contributed by atoms with E-state index in [0.717, 1.165) is 54.3 Å². The third kappa shape index (κ3) is 4.46. The quantitative estimate of drug-likeness (QED) is 0.452. The van der Waals surface area contributed by atoms with Gasteiger partial charge in [-0.05, 0) is 91.8 Å². The SMILES string of the molecule is Cc1cc(C)cc(-n2c(CN3CCN(C(=O)Nc4ccc5c(c4)CCC5)CC3)nc3cccnc32)c1. The summed E-state index contributed by atoms with van der Waals surface area (Å²) in [7, 11) is 0. The van der Waals surface area contributed by atoms with Crippen molar-refractivity contribution in [1.29, 1.82) is 0 Å². The first-order valence-electron chi connectivity index (χ1n) is 12.8.